The van der Waals surface area contributed by atoms with Crippen LogP contribution >= 0.6 is 11.6 Å². The Morgan fingerprint density at radius 2 is 1.56 bits per heavy atom. The molecule has 0 aliphatic heterocycles. The van der Waals surface area contributed by atoms with Gasteiger partial charge in [-0.15, -0.1) is 0 Å². The zero-order valence-corrected chi connectivity index (χ0v) is 13.4. The molecule has 0 N–H and O–H groups in total. The van der Waals surface area contributed by atoms with Gasteiger partial charge >= 0.3 is 0 Å². The van der Waals surface area contributed by atoms with Gasteiger partial charge in [0.2, 0.25) is 0 Å². The van der Waals surface area contributed by atoms with Crippen LogP contribution in [0.2, 0.25) is 5.02 Å². The van der Waals surface area contributed by atoms with Crippen LogP contribution < -0.4 is 0 Å². The monoisotopic (exact) mass is 345 g/mol. The van der Waals surface area contributed by atoms with Gasteiger partial charge in [-0.3, -0.25) is 0 Å². The summed E-state index contributed by atoms with van der Waals surface area (Å²) in [5, 5.41) is 0.922. The summed E-state index contributed by atoms with van der Waals surface area (Å²) < 4.78 is 0. The van der Waals surface area contributed by atoms with E-state index in [1.165, 1.54) is 44.1 Å². The zero-order valence-electron chi connectivity index (χ0n) is 10.1. The fraction of sp³-hybridized carbons (Fsp3) is 0.571. The van der Waals surface area contributed by atoms with Crippen molar-refractivity contribution in [2.24, 2.45) is 0 Å². The number of aryl methyl sites for hydroxylation is 1. The molecule has 0 amide bonds. The van der Waals surface area contributed by atoms with Gasteiger partial charge in [0.1, 0.15) is 0 Å². The fourth-order valence-electron chi connectivity index (χ4n) is 1.80. The topological polar surface area (TPSA) is 0 Å². The van der Waals surface area contributed by atoms with E-state index in [4.69, 9.17) is 11.6 Å². The van der Waals surface area contributed by atoms with Crippen LogP contribution in [0.1, 0.15) is 51.0 Å². The molecule has 16 heavy (non-hydrogen) atoms. The summed E-state index contributed by atoms with van der Waals surface area (Å²) in [4.78, 5) is 0. The van der Waals surface area contributed by atoms with E-state index >= 15 is 0 Å². The molecule has 0 atom stereocenters. The van der Waals surface area contributed by atoms with E-state index in [0.29, 0.717) is 0 Å². The van der Waals surface area contributed by atoms with Crippen molar-refractivity contribution in [2.75, 3.05) is 0 Å². The summed E-state index contributed by atoms with van der Waals surface area (Å²) in [6, 6.07) is 8.17. The maximum Gasteiger partial charge on any atom is 0.0437 e. The van der Waals surface area contributed by atoms with Crippen molar-refractivity contribution >= 4 is 36.0 Å². The van der Waals surface area contributed by atoms with Gasteiger partial charge in [0.15, 0.2) is 0 Å². The van der Waals surface area contributed by atoms with Crippen LogP contribution in [0.5, 0.6) is 0 Å². The van der Waals surface area contributed by atoms with Gasteiger partial charge in [-0.1, -0.05) is 68.8 Å². The van der Waals surface area contributed by atoms with E-state index in [1.54, 1.807) is 0 Å². The van der Waals surface area contributed by atoms with Gasteiger partial charge in [0.05, 0.1) is 0 Å². The van der Waals surface area contributed by atoms with Gasteiger partial charge in [-0.05, 0) is 24.5 Å². The normalized spacial score (nSPS) is 9.88. The first kappa shape index (κ1) is 16.3. The van der Waals surface area contributed by atoms with Gasteiger partial charge in [-0.2, -0.15) is 0 Å². The van der Waals surface area contributed by atoms with Crippen molar-refractivity contribution in [3.8, 4) is 0 Å². The average molecular weight is 347 g/mol. The number of hydrogen-bond acceptors (Lipinski definition) is 0. The third-order valence-electron chi connectivity index (χ3n) is 2.76. The minimum absolute atomic E-state index is 0. The quantitative estimate of drug-likeness (QED) is 0.488. The molecule has 0 aromatic heterocycles. The minimum atomic E-state index is 0. The maximum atomic E-state index is 6.09. The second-order valence-electron chi connectivity index (χ2n) is 4.11. The molecule has 0 nitrogen and oxygen atoms in total. The van der Waals surface area contributed by atoms with Gasteiger partial charge in [0, 0.05) is 29.5 Å². The third kappa shape index (κ3) is 6.81. The molecular weight excluding hydrogens is 325 g/mol. The minimum Gasteiger partial charge on any atom is -0.0840 e. The molecule has 0 aliphatic rings. The first-order valence-electron chi connectivity index (χ1n) is 6.08. The summed E-state index contributed by atoms with van der Waals surface area (Å²) in [6.45, 7) is 2.25. The SMILES string of the molecule is CCCCCCCCc1ccccc1Cl.[Sb]. The molecule has 0 unspecified atom stereocenters. The zero-order chi connectivity index (χ0) is 10.9. The van der Waals surface area contributed by atoms with Crippen LogP contribution in [-0.4, -0.2) is 24.4 Å². The van der Waals surface area contributed by atoms with Gasteiger partial charge in [-0.25, -0.2) is 0 Å². The molecule has 0 saturated heterocycles. The molecule has 0 aliphatic carbocycles. The second kappa shape index (κ2) is 10.5. The van der Waals surface area contributed by atoms with Gasteiger partial charge < -0.3 is 0 Å². The summed E-state index contributed by atoms with van der Waals surface area (Å²) in [6.07, 6.45) is 9.21. The summed E-state index contributed by atoms with van der Waals surface area (Å²) in [5.41, 5.74) is 1.30. The number of benzene rings is 1. The van der Waals surface area contributed by atoms with Crippen molar-refractivity contribution in [3.63, 3.8) is 0 Å². The molecule has 0 saturated carbocycles. The number of halogens is 1. The predicted octanol–water partition coefficient (Wildman–Crippen LogP) is 4.86. The fourth-order valence-corrected chi connectivity index (χ4v) is 2.03. The standard InChI is InChI=1S/C14H21Cl.Sb/c1-2-3-4-5-6-7-10-13-11-8-9-12-14(13)15;/h8-9,11-12H,2-7,10H2,1H3;. The molecular formula is C14H21ClSb. The molecule has 0 heterocycles. The first-order valence-corrected chi connectivity index (χ1v) is 6.45. The van der Waals surface area contributed by atoms with Crippen LogP contribution in [0.4, 0.5) is 0 Å². The Bertz CT molecular complexity index is 273. The van der Waals surface area contributed by atoms with E-state index in [1.807, 2.05) is 12.1 Å². The largest absolute Gasteiger partial charge is 0.0840 e. The van der Waals surface area contributed by atoms with Gasteiger partial charge in [0.25, 0.3) is 0 Å². The second-order valence-corrected chi connectivity index (χ2v) is 4.52. The van der Waals surface area contributed by atoms with Crippen LogP contribution in [0.15, 0.2) is 24.3 Å². The summed E-state index contributed by atoms with van der Waals surface area (Å²) >= 11 is 6.09. The summed E-state index contributed by atoms with van der Waals surface area (Å²) in [7, 11) is 0. The third-order valence-corrected chi connectivity index (χ3v) is 3.13. The van der Waals surface area contributed by atoms with Crippen molar-refractivity contribution in [3.05, 3.63) is 34.9 Å². The maximum absolute atomic E-state index is 6.09. The summed E-state index contributed by atoms with van der Waals surface area (Å²) in [5.74, 6) is 0. The van der Waals surface area contributed by atoms with Crippen molar-refractivity contribution in [1.82, 2.24) is 0 Å². The molecule has 0 fully saturated rings. The molecule has 89 valence electrons. The Balaban J connectivity index is 0.00000225. The Hall–Kier alpha value is 0.328. The predicted molar refractivity (Wildman–Crippen MR) is 74.3 cm³/mol. The Labute approximate surface area is 122 Å². The molecule has 1 aromatic rings. The molecule has 3 radical (unpaired) electrons. The smallest absolute Gasteiger partial charge is 0.0437 e. The first-order chi connectivity index (χ1) is 7.34. The molecule has 1 aromatic carbocycles. The van der Waals surface area contributed by atoms with Crippen LogP contribution in [-0.2, 0) is 6.42 Å². The van der Waals surface area contributed by atoms with E-state index in [2.05, 4.69) is 19.1 Å². The van der Waals surface area contributed by atoms with E-state index in [9.17, 15) is 0 Å². The Morgan fingerprint density at radius 3 is 2.25 bits per heavy atom. The van der Waals surface area contributed by atoms with Crippen LogP contribution in [0.3, 0.4) is 0 Å². The number of unbranched alkanes of at least 4 members (excludes halogenated alkanes) is 5. The van der Waals surface area contributed by atoms with Crippen LogP contribution in [0.25, 0.3) is 0 Å². The van der Waals surface area contributed by atoms with Crippen molar-refractivity contribution in [1.29, 1.82) is 0 Å². The Morgan fingerprint density at radius 1 is 0.938 bits per heavy atom. The number of hydrogen-bond donors (Lipinski definition) is 0. The molecule has 0 spiro atoms. The molecule has 2 heteroatoms. The van der Waals surface area contributed by atoms with Crippen molar-refractivity contribution in [2.45, 2.75) is 51.9 Å². The van der Waals surface area contributed by atoms with E-state index in [-0.39, 0.29) is 24.4 Å². The molecule has 1 rings (SSSR count). The van der Waals surface area contributed by atoms with E-state index < -0.39 is 0 Å². The number of rotatable bonds is 7. The van der Waals surface area contributed by atoms with Crippen LogP contribution in [0, 0.1) is 0 Å². The van der Waals surface area contributed by atoms with Crippen molar-refractivity contribution < 1.29 is 0 Å². The Kier molecular flexibility index (Phi) is 10.7. The average Bonchev–Trinajstić information content (AvgIpc) is 2.25. The molecule has 0 bridgehead atoms. The van der Waals surface area contributed by atoms with E-state index in [0.717, 1.165) is 11.4 Å².